The molecule has 0 aliphatic rings. The lowest BCUT2D eigenvalue weighted by Gasteiger charge is -2.05. The van der Waals surface area contributed by atoms with Crippen LogP contribution in [0.1, 0.15) is 6.42 Å². The number of carbonyl (C=O) groups is 1. The molecule has 0 radical (unpaired) electrons. The van der Waals surface area contributed by atoms with Crippen molar-refractivity contribution in [2.45, 2.75) is 6.42 Å². The van der Waals surface area contributed by atoms with Crippen molar-refractivity contribution in [3.05, 3.63) is 24.3 Å². The highest BCUT2D eigenvalue weighted by Crippen LogP contribution is 2.12. The van der Waals surface area contributed by atoms with Gasteiger partial charge in [0.05, 0.1) is 13.0 Å². The summed E-state index contributed by atoms with van der Waals surface area (Å²) in [6.07, 6.45) is 0.237. The van der Waals surface area contributed by atoms with E-state index >= 15 is 0 Å². The van der Waals surface area contributed by atoms with Crippen molar-refractivity contribution in [1.82, 2.24) is 5.43 Å². The van der Waals surface area contributed by atoms with Gasteiger partial charge in [-0.3, -0.25) is 10.2 Å². The standard InChI is InChI=1S/C9H13N3O2/c10-7-1-3-8(4-2-7)14-6-5-9(13)12-11/h1-4H,5-6,10-11H2,(H,12,13). The number of nitrogens with two attached hydrogens (primary N) is 2. The van der Waals surface area contributed by atoms with Gasteiger partial charge >= 0.3 is 0 Å². The number of hydrogen-bond acceptors (Lipinski definition) is 4. The van der Waals surface area contributed by atoms with Gasteiger partial charge in [-0.2, -0.15) is 0 Å². The zero-order valence-electron chi connectivity index (χ0n) is 7.69. The SMILES string of the molecule is NNC(=O)CCOc1ccc(N)cc1. The molecule has 0 unspecified atom stereocenters. The summed E-state index contributed by atoms with van der Waals surface area (Å²) in [7, 11) is 0. The fourth-order valence-electron chi connectivity index (χ4n) is 0.898. The fraction of sp³-hybridized carbons (Fsp3) is 0.222. The molecule has 0 aliphatic carbocycles. The van der Waals surface area contributed by atoms with Crippen LogP contribution < -0.4 is 21.7 Å². The molecule has 0 fully saturated rings. The highest BCUT2D eigenvalue weighted by molar-refractivity contribution is 5.75. The second-order valence-electron chi connectivity index (χ2n) is 2.74. The molecule has 0 saturated carbocycles. The average molecular weight is 195 g/mol. The third kappa shape index (κ3) is 3.32. The third-order valence-electron chi connectivity index (χ3n) is 1.64. The van der Waals surface area contributed by atoms with Crippen LogP contribution in [0.3, 0.4) is 0 Å². The van der Waals surface area contributed by atoms with Crippen LogP contribution in [0.5, 0.6) is 5.75 Å². The predicted molar refractivity (Wildman–Crippen MR) is 53.3 cm³/mol. The van der Waals surface area contributed by atoms with Crippen LogP contribution in [-0.4, -0.2) is 12.5 Å². The van der Waals surface area contributed by atoms with Crippen molar-refractivity contribution in [3.8, 4) is 5.75 Å². The van der Waals surface area contributed by atoms with Gasteiger partial charge in [-0.15, -0.1) is 0 Å². The topological polar surface area (TPSA) is 90.4 Å². The summed E-state index contributed by atoms with van der Waals surface area (Å²) in [4.78, 5) is 10.7. The van der Waals surface area contributed by atoms with Gasteiger partial charge in [0.15, 0.2) is 0 Å². The molecule has 0 aromatic heterocycles. The number of carbonyl (C=O) groups excluding carboxylic acids is 1. The first-order chi connectivity index (χ1) is 6.72. The molecule has 1 rings (SSSR count). The molecule has 1 aromatic rings. The zero-order chi connectivity index (χ0) is 10.4. The molecule has 5 N–H and O–H groups in total. The Balaban J connectivity index is 2.31. The first-order valence-electron chi connectivity index (χ1n) is 4.20. The lowest BCUT2D eigenvalue weighted by atomic mass is 10.3. The fourth-order valence-corrected chi connectivity index (χ4v) is 0.898. The minimum Gasteiger partial charge on any atom is -0.493 e. The van der Waals surface area contributed by atoms with Crippen molar-refractivity contribution >= 4 is 11.6 Å². The van der Waals surface area contributed by atoms with Crippen LogP contribution in [0.15, 0.2) is 24.3 Å². The van der Waals surface area contributed by atoms with E-state index in [2.05, 4.69) is 0 Å². The van der Waals surface area contributed by atoms with Gasteiger partial charge in [0.2, 0.25) is 5.91 Å². The molecule has 0 aliphatic heterocycles. The summed E-state index contributed by atoms with van der Waals surface area (Å²) in [6, 6.07) is 6.96. The molecular weight excluding hydrogens is 182 g/mol. The highest BCUT2D eigenvalue weighted by atomic mass is 16.5. The molecule has 0 spiro atoms. The Kier molecular flexibility index (Phi) is 3.75. The smallest absolute Gasteiger partial charge is 0.237 e. The Bertz CT molecular complexity index is 297. The molecule has 1 amide bonds. The van der Waals surface area contributed by atoms with Gasteiger partial charge in [-0.25, -0.2) is 5.84 Å². The summed E-state index contributed by atoms with van der Waals surface area (Å²) in [6.45, 7) is 0.299. The van der Waals surface area contributed by atoms with Crippen molar-refractivity contribution < 1.29 is 9.53 Å². The van der Waals surface area contributed by atoms with E-state index in [1.807, 2.05) is 5.43 Å². The quantitative estimate of drug-likeness (QED) is 0.273. The molecule has 5 nitrogen and oxygen atoms in total. The third-order valence-corrected chi connectivity index (χ3v) is 1.64. The van der Waals surface area contributed by atoms with Crippen molar-refractivity contribution in [3.63, 3.8) is 0 Å². The van der Waals surface area contributed by atoms with E-state index < -0.39 is 0 Å². The summed E-state index contributed by atoms with van der Waals surface area (Å²) >= 11 is 0. The van der Waals surface area contributed by atoms with Crippen LogP contribution in [0.25, 0.3) is 0 Å². The number of benzene rings is 1. The molecule has 0 atom stereocenters. The number of nitrogen functional groups attached to an aromatic ring is 1. The number of amides is 1. The molecule has 14 heavy (non-hydrogen) atoms. The van der Waals surface area contributed by atoms with E-state index in [0.29, 0.717) is 18.0 Å². The van der Waals surface area contributed by atoms with E-state index in [9.17, 15) is 4.79 Å². The minimum absolute atomic E-state index is 0.237. The van der Waals surface area contributed by atoms with Gasteiger partial charge in [0, 0.05) is 5.69 Å². The van der Waals surface area contributed by atoms with Gasteiger partial charge in [0.1, 0.15) is 5.75 Å². The second kappa shape index (κ2) is 5.08. The molecular formula is C9H13N3O2. The Morgan fingerprint density at radius 3 is 2.57 bits per heavy atom. The van der Waals surface area contributed by atoms with Crippen molar-refractivity contribution in [2.24, 2.45) is 5.84 Å². The number of nitrogens with one attached hydrogen (secondary N) is 1. The molecule has 5 heteroatoms. The van der Waals surface area contributed by atoms with Crippen LogP contribution >= 0.6 is 0 Å². The molecule has 0 saturated heterocycles. The maximum Gasteiger partial charge on any atom is 0.237 e. The zero-order valence-corrected chi connectivity index (χ0v) is 7.69. The lowest BCUT2D eigenvalue weighted by molar-refractivity contribution is -0.121. The Morgan fingerprint density at radius 2 is 2.00 bits per heavy atom. The monoisotopic (exact) mass is 195 g/mol. The van der Waals surface area contributed by atoms with Gasteiger partial charge in [-0.05, 0) is 24.3 Å². The first kappa shape index (κ1) is 10.3. The van der Waals surface area contributed by atoms with Gasteiger partial charge in [0.25, 0.3) is 0 Å². The number of hydrogen-bond donors (Lipinski definition) is 3. The molecule has 0 heterocycles. The van der Waals surface area contributed by atoms with E-state index in [1.165, 1.54) is 0 Å². The second-order valence-corrected chi connectivity index (χ2v) is 2.74. The summed E-state index contributed by atoms with van der Waals surface area (Å²) in [5, 5.41) is 0. The van der Waals surface area contributed by atoms with Gasteiger partial charge < -0.3 is 10.5 Å². The average Bonchev–Trinajstić information content (AvgIpc) is 2.21. The first-order valence-corrected chi connectivity index (χ1v) is 4.20. The molecule has 76 valence electrons. The maximum atomic E-state index is 10.7. The number of rotatable bonds is 4. The predicted octanol–water partition coefficient (Wildman–Crippen LogP) is 0.0276. The van der Waals surface area contributed by atoms with Crippen molar-refractivity contribution in [1.29, 1.82) is 0 Å². The van der Waals surface area contributed by atoms with E-state index in [4.69, 9.17) is 16.3 Å². The summed E-state index contributed by atoms with van der Waals surface area (Å²) < 4.78 is 5.26. The van der Waals surface area contributed by atoms with Crippen LogP contribution in [0.4, 0.5) is 5.69 Å². The lowest BCUT2D eigenvalue weighted by Crippen LogP contribution is -2.31. The summed E-state index contributed by atoms with van der Waals surface area (Å²) in [5.74, 6) is 5.33. The largest absolute Gasteiger partial charge is 0.493 e. The number of hydrazine groups is 1. The van der Waals surface area contributed by atoms with Crippen LogP contribution in [0, 0.1) is 0 Å². The maximum absolute atomic E-state index is 10.7. The Morgan fingerprint density at radius 1 is 1.36 bits per heavy atom. The highest BCUT2D eigenvalue weighted by Gasteiger charge is 1.98. The molecule has 1 aromatic carbocycles. The van der Waals surface area contributed by atoms with Crippen LogP contribution in [-0.2, 0) is 4.79 Å². The van der Waals surface area contributed by atoms with Gasteiger partial charge in [-0.1, -0.05) is 0 Å². The minimum atomic E-state index is -0.250. The van der Waals surface area contributed by atoms with E-state index in [1.54, 1.807) is 24.3 Å². The van der Waals surface area contributed by atoms with Crippen LogP contribution in [0.2, 0.25) is 0 Å². The Hall–Kier alpha value is -1.75. The normalized spacial score (nSPS) is 9.50. The Labute approximate surface area is 82.0 Å². The van der Waals surface area contributed by atoms with E-state index in [0.717, 1.165) is 0 Å². The van der Waals surface area contributed by atoms with E-state index in [-0.39, 0.29) is 12.3 Å². The number of ether oxygens (including phenoxy) is 1. The number of anilines is 1. The van der Waals surface area contributed by atoms with Crippen molar-refractivity contribution in [2.75, 3.05) is 12.3 Å². The summed E-state index contributed by atoms with van der Waals surface area (Å²) in [5.41, 5.74) is 8.19. The molecule has 0 bridgehead atoms.